The van der Waals surface area contributed by atoms with Crippen LogP contribution in [0.1, 0.15) is 116 Å². The van der Waals surface area contributed by atoms with Crippen LogP contribution in [0.3, 0.4) is 0 Å². The van der Waals surface area contributed by atoms with Gasteiger partial charge in [-0.15, -0.1) is 0 Å². The van der Waals surface area contributed by atoms with Gasteiger partial charge in [0.15, 0.2) is 0 Å². The van der Waals surface area contributed by atoms with Crippen LogP contribution in [-0.2, 0) is 14.2 Å². The predicted octanol–water partition coefficient (Wildman–Crippen LogP) is 5.93. The molecule has 1 N–H and O–H groups in total. The molecule has 29 heavy (non-hydrogen) atoms. The van der Waals surface area contributed by atoms with Gasteiger partial charge in [0.05, 0.1) is 36.6 Å². The Kier molecular flexibility index (Phi) is 10.8. The quantitative estimate of drug-likeness (QED) is 0.360. The molecule has 3 aliphatic rings. The molecular weight excluding hydrogens is 364 g/mol. The van der Waals surface area contributed by atoms with E-state index in [9.17, 15) is 5.11 Å². The summed E-state index contributed by atoms with van der Waals surface area (Å²) in [6.07, 6.45) is 21.4. The monoisotopic (exact) mass is 410 g/mol. The summed E-state index contributed by atoms with van der Waals surface area (Å²) in [5.41, 5.74) is 0. The van der Waals surface area contributed by atoms with E-state index in [1.165, 1.54) is 64.2 Å². The molecule has 3 fully saturated rings. The molecule has 0 aromatic heterocycles. The van der Waals surface area contributed by atoms with Gasteiger partial charge in [0.1, 0.15) is 0 Å². The molecule has 0 aromatic carbocycles. The second kappa shape index (κ2) is 13.3. The molecule has 6 atom stereocenters. The topological polar surface area (TPSA) is 47.9 Å². The highest BCUT2D eigenvalue weighted by Gasteiger charge is 2.41. The fourth-order valence-corrected chi connectivity index (χ4v) is 5.40. The van der Waals surface area contributed by atoms with Gasteiger partial charge in [-0.05, 0) is 44.9 Å². The summed E-state index contributed by atoms with van der Waals surface area (Å²) < 4.78 is 18.3. The lowest BCUT2D eigenvalue weighted by Crippen LogP contribution is -2.33. The molecule has 0 saturated carbocycles. The van der Waals surface area contributed by atoms with Gasteiger partial charge in [0.2, 0.25) is 0 Å². The zero-order chi connectivity index (χ0) is 20.3. The first-order valence-electron chi connectivity index (χ1n) is 12.9. The smallest absolute Gasteiger partial charge is 0.0842 e. The van der Waals surface area contributed by atoms with E-state index in [-0.39, 0.29) is 30.5 Å². The molecule has 0 radical (unpaired) electrons. The summed E-state index contributed by atoms with van der Waals surface area (Å²) in [6.45, 7) is 3.16. The second-order valence-electron chi connectivity index (χ2n) is 9.67. The molecule has 3 saturated heterocycles. The number of rotatable bonds is 14. The summed E-state index contributed by atoms with van der Waals surface area (Å²) in [6, 6.07) is 0. The Hall–Kier alpha value is -0.160. The van der Waals surface area contributed by atoms with Gasteiger partial charge in [-0.3, -0.25) is 0 Å². The maximum atomic E-state index is 10.6. The van der Waals surface area contributed by atoms with Crippen molar-refractivity contribution in [3.05, 3.63) is 0 Å². The number of hydrogen-bond acceptors (Lipinski definition) is 4. The van der Waals surface area contributed by atoms with Crippen LogP contribution in [0.15, 0.2) is 0 Å². The van der Waals surface area contributed by atoms with Crippen LogP contribution < -0.4 is 0 Å². The van der Waals surface area contributed by atoms with Crippen LogP contribution in [0.2, 0.25) is 0 Å². The number of aliphatic hydroxyl groups excluding tert-OH is 1. The van der Waals surface area contributed by atoms with Crippen molar-refractivity contribution in [1.82, 2.24) is 0 Å². The zero-order valence-corrected chi connectivity index (χ0v) is 18.9. The highest BCUT2D eigenvalue weighted by molar-refractivity contribution is 4.90. The lowest BCUT2D eigenvalue weighted by atomic mass is 10.0. The van der Waals surface area contributed by atoms with Crippen molar-refractivity contribution in [3.63, 3.8) is 0 Å². The maximum Gasteiger partial charge on any atom is 0.0842 e. The fraction of sp³-hybridized carbons (Fsp3) is 1.00. The highest BCUT2D eigenvalue weighted by atomic mass is 16.6. The average Bonchev–Trinajstić information content (AvgIpc) is 3.49. The van der Waals surface area contributed by atoms with Crippen molar-refractivity contribution < 1.29 is 19.3 Å². The van der Waals surface area contributed by atoms with Crippen LogP contribution in [-0.4, -0.2) is 48.3 Å². The summed E-state index contributed by atoms with van der Waals surface area (Å²) in [7, 11) is 0. The van der Waals surface area contributed by atoms with Gasteiger partial charge in [-0.25, -0.2) is 0 Å². The second-order valence-corrected chi connectivity index (χ2v) is 9.67. The highest BCUT2D eigenvalue weighted by Crippen LogP contribution is 2.35. The first kappa shape index (κ1) is 23.5. The predicted molar refractivity (Wildman–Crippen MR) is 117 cm³/mol. The molecule has 0 bridgehead atoms. The van der Waals surface area contributed by atoms with Crippen molar-refractivity contribution in [2.75, 3.05) is 6.61 Å². The van der Waals surface area contributed by atoms with Gasteiger partial charge < -0.3 is 19.3 Å². The standard InChI is InChI=1S/C25H46O4/c1-2-3-4-5-6-7-8-9-10-11-13-20(26)21-15-16-24(28-21)25-18-17-23(29-25)22-14-12-19-27-22/h20-26H,2-19H2,1H3/t20-,21-,22+,23+,24+,25+/m0/s1. The molecule has 4 nitrogen and oxygen atoms in total. The van der Waals surface area contributed by atoms with Gasteiger partial charge in [0.25, 0.3) is 0 Å². The third kappa shape index (κ3) is 7.79. The number of hydrogen-bond donors (Lipinski definition) is 1. The molecule has 4 heteroatoms. The van der Waals surface area contributed by atoms with Gasteiger partial charge in [0, 0.05) is 6.61 Å². The lowest BCUT2D eigenvalue weighted by molar-refractivity contribution is -0.111. The maximum absolute atomic E-state index is 10.6. The van der Waals surface area contributed by atoms with Crippen molar-refractivity contribution in [1.29, 1.82) is 0 Å². The summed E-state index contributed by atoms with van der Waals surface area (Å²) in [5, 5.41) is 10.6. The first-order valence-corrected chi connectivity index (χ1v) is 12.9. The largest absolute Gasteiger partial charge is 0.390 e. The Balaban J connectivity index is 1.20. The Morgan fingerprint density at radius 1 is 0.690 bits per heavy atom. The summed E-state index contributed by atoms with van der Waals surface area (Å²) in [5.74, 6) is 0. The number of aliphatic hydroxyl groups is 1. The minimum Gasteiger partial charge on any atom is -0.390 e. The zero-order valence-electron chi connectivity index (χ0n) is 18.9. The molecule has 3 aliphatic heterocycles. The van der Waals surface area contributed by atoms with Crippen molar-refractivity contribution >= 4 is 0 Å². The molecule has 0 aliphatic carbocycles. The SMILES string of the molecule is CCCCCCCCCCCC[C@H](O)[C@@H]1CC[C@H]([C@H]2CC[C@H]([C@H]3CCCO3)O2)O1. The Morgan fingerprint density at radius 2 is 1.28 bits per heavy atom. The van der Waals surface area contributed by atoms with Gasteiger partial charge in [-0.1, -0.05) is 71.1 Å². The summed E-state index contributed by atoms with van der Waals surface area (Å²) in [4.78, 5) is 0. The van der Waals surface area contributed by atoms with Crippen LogP contribution in [0.4, 0.5) is 0 Å². The van der Waals surface area contributed by atoms with E-state index in [0.717, 1.165) is 51.6 Å². The van der Waals surface area contributed by atoms with E-state index < -0.39 is 0 Å². The molecule has 3 heterocycles. The van der Waals surface area contributed by atoms with E-state index in [0.29, 0.717) is 6.10 Å². The molecule has 3 rings (SSSR count). The molecule has 0 spiro atoms. The van der Waals surface area contributed by atoms with Crippen LogP contribution in [0.25, 0.3) is 0 Å². The van der Waals surface area contributed by atoms with Gasteiger partial charge in [-0.2, -0.15) is 0 Å². The van der Waals surface area contributed by atoms with E-state index in [4.69, 9.17) is 14.2 Å². The minimum atomic E-state index is -0.301. The number of unbranched alkanes of at least 4 members (excludes halogenated alkanes) is 9. The van der Waals surface area contributed by atoms with E-state index in [1.54, 1.807) is 0 Å². The Morgan fingerprint density at radius 3 is 1.93 bits per heavy atom. The molecule has 0 aromatic rings. The molecule has 170 valence electrons. The normalized spacial score (nSPS) is 33.5. The Bertz CT molecular complexity index is 423. The van der Waals surface area contributed by atoms with E-state index in [2.05, 4.69) is 6.92 Å². The van der Waals surface area contributed by atoms with Crippen LogP contribution in [0.5, 0.6) is 0 Å². The van der Waals surface area contributed by atoms with Gasteiger partial charge >= 0.3 is 0 Å². The molecule has 0 unspecified atom stereocenters. The lowest BCUT2D eigenvalue weighted by Gasteiger charge is -2.24. The van der Waals surface area contributed by atoms with E-state index in [1.807, 2.05) is 0 Å². The average molecular weight is 411 g/mol. The third-order valence-electron chi connectivity index (χ3n) is 7.25. The molecular formula is C25H46O4. The number of ether oxygens (including phenoxy) is 3. The van der Waals surface area contributed by atoms with Crippen molar-refractivity contribution in [3.8, 4) is 0 Å². The fourth-order valence-electron chi connectivity index (χ4n) is 5.40. The Labute approximate surface area is 179 Å². The first-order chi connectivity index (χ1) is 14.3. The van der Waals surface area contributed by atoms with E-state index >= 15 is 0 Å². The van der Waals surface area contributed by atoms with Crippen LogP contribution in [0, 0.1) is 0 Å². The van der Waals surface area contributed by atoms with Crippen molar-refractivity contribution in [2.24, 2.45) is 0 Å². The van der Waals surface area contributed by atoms with Crippen LogP contribution >= 0.6 is 0 Å². The summed E-state index contributed by atoms with van der Waals surface area (Å²) >= 11 is 0. The third-order valence-corrected chi connectivity index (χ3v) is 7.25. The minimum absolute atomic E-state index is 0.0175. The molecule has 0 amide bonds. The van der Waals surface area contributed by atoms with Crippen molar-refractivity contribution in [2.45, 2.75) is 153 Å².